The van der Waals surface area contributed by atoms with Crippen LogP contribution < -0.4 is 0 Å². The van der Waals surface area contributed by atoms with Gasteiger partial charge in [0.05, 0.1) is 17.5 Å². The Bertz CT molecular complexity index is 1540. The number of fused-ring (bicyclic) bond motifs is 2. The van der Waals surface area contributed by atoms with E-state index in [4.69, 9.17) is 4.74 Å². The summed E-state index contributed by atoms with van der Waals surface area (Å²) in [5.41, 5.74) is 1.80. The van der Waals surface area contributed by atoms with Crippen LogP contribution in [0.15, 0.2) is 83.1 Å². The maximum atomic E-state index is 13.8. The van der Waals surface area contributed by atoms with E-state index < -0.39 is 16.1 Å². The second kappa shape index (κ2) is 11.3. The number of methoxy groups -OCH3 is 1. The lowest BCUT2D eigenvalue weighted by atomic mass is 9.93. The van der Waals surface area contributed by atoms with E-state index in [1.165, 1.54) is 21.3 Å². The lowest BCUT2D eigenvalue weighted by Crippen LogP contribution is -2.47. The third kappa shape index (κ3) is 5.37. The van der Waals surface area contributed by atoms with Crippen LogP contribution in [0.3, 0.4) is 0 Å². The van der Waals surface area contributed by atoms with Crippen molar-refractivity contribution in [1.82, 2.24) is 9.21 Å². The van der Waals surface area contributed by atoms with Crippen LogP contribution in [0.4, 0.5) is 4.39 Å². The summed E-state index contributed by atoms with van der Waals surface area (Å²) >= 11 is 1.64. The number of carbonyl (C=O) groups excluding carboxylic acids is 1. The number of hydrogen-bond acceptors (Lipinski definition) is 5. The first-order valence-electron chi connectivity index (χ1n) is 12.5. The quantitative estimate of drug-likeness (QED) is 0.266. The minimum absolute atomic E-state index is 0.146. The molecule has 0 fully saturated rings. The molecule has 0 N–H and O–H groups in total. The Balaban J connectivity index is 1.46. The number of ether oxygens (including phenoxy) is 1. The zero-order chi connectivity index (χ0) is 26.7. The Morgan fingerprint density at radius 2 is 1.84 bits per heavy atom. The summed E-state index contributed by atoms with van der Waals surface area (Å²) < 4.78 is 47.7. The van der Waals surface area contributed by atoms with Crippen molar-refractivity contribution in [3.63, 3.8) is 0 Å². The number of nitrogens with zero attached hydrogens (tertiary/aromatic N) is 2. The van der Waals surface area contributed by atoms with Crippen LogP contribution in [0.25, 0.3) is 10.8 Å². The zero-order valence-corrected chi connectivity index (χ0v) is 22.7. The van der Waals surface area contributed by atoms with Crippen molar-refractivity contribution in [1.29, 1.82) is 0 Å². The predicted molar refractivity (Wildman–Crippen MR) is 147 cm³/mol. The van der Waals surface area contributed by atoms with E-state index in [2.05, 4.69) is 0 Å². The Hall–Kier alpha value is -3.11. The first-order valence-corrected chi connectivity index (χ1v) is 14.8. The number of carbonyl (C=O) groups is 1. The van der Waals surface area contributed by atoms with Crippen LogP contribution in [0.2, 0.25) is 0 Å². The summed E-state index contributed by atoms with van der Waals surface area (Å²) in [4.78, 5) is 16.9. The molecule has 6 nitrogen and oxygen atoms in total. The van der Waals surface area contributed by atoms with Crippen molar-refractivity contribution >= 4 is 38.0 Å². The Morgan fingerprint density at radius 3 is 2.61 bits per heavy atom. The van der Waals surface area contributed by atoms with E-state index in [1.54, 1.807) is 53.7 Å². The van der Waals surface area contributed by atoms with Crippen molar-refractivity contribution in [2.24, 2.45) is 0 Å². The van der Waals surface area contributed by atoms with Gasteiger partial charge in [-0.2, -0.15) is 4.31 Å². The van der Waals surface area contributed by atoms with Gasteiger partial charge in [-0.25, -0.2) is 12.8 Å². The van der Waals surface area contributed by atoms with Crippen LogP contribution in [0.5, 0.6) is 0 Å². The molecule has 3 aromatic carbocycles. The zero-order valence-electron chi connectivity index (χ0n) is 21.0. The third-order valence-corrected chi connectivity index (χ3v) is 9.74. The highest BCUT2D eigenvalue weighted by Crippen LogP contribution is 2.38. The third-order valence-electron chi connectivity index (χ3n) is 6.90. The molecule has 198 valence electrons. The van der Waals surface area contributed by atoms with Gasteiger partial charge < -0.3 is 9.64 Å². The molecule has 2 heterocycles. The fourth-order valence-electron chi connectivity index (χ4n) is 4.98. The molecule has 38 heavy (non-hydrogen) atoms. The SMILES string of the molecule is COCCCN(CC(=O)N1CCc2sccc2C1c1ccc(F)cc1)S(=O)(=O)c1ccc2ccccc2c1. The van der Waals surface area contributed by atoms with Gasteiger partial charge in [0.15, 0.2) is 0 Å². The summed E-state index contributed by atoms with van der Waals surface area (Å²) in [6.45, 7) is 0.679. The van der Waals surface area contributed by atoms with Gasteiger partial charge in [-0.05, 0) is 70.5 Å². The molecule has 0 bridgehead atoms. The number of benzene rings is 3. The van der Waals surface area contributed by atoms with Crippen LogP contribution in [0, 0.1) is 5.82 Å². The molecule has 0 saturated heterocycles. The minimum Gasteiger partial charge on any atom is -0.385 e. The molecule has 0 aliphatic carbocycles. The highest BCUT2D eigenvalue weighted by atomic mass is 32.2. The van der Waals surface area contributed by atoms with Crippen molar-refractivity contribution < 1.29 is 22.3 Å². The molecule has 1 aliphatic heterocycles. The van der Waals surface area contributed by atoms with E-state index >= 15 is 0 Å². The molecule has 0 radical (unpaired) electrons. The maximum Gasteiger partial charge on any atom is 0.243 e. The number of rotatable bonds is 9. The fraction of sp³-hybridized carbons (Fsp3) is 0.276. The van der Waals surface area contributed by atoms with Crippen LogP contribution in [-0.4, -0.2) is 56.9 Å². The number of amides is 1. The molecule has 5 rings (SSSR count). The van der Waals surface area contributed by atoms with E-state index in [0.717, 1.165) is 21.9 Å². The van der Waals surface area contributed by atoms with Crippen LogP contribution >= 0.6 is 11.3 Å². The Kier molecular flexibility index (Phi) is 7.90. The molecule has 0 saturated carbocycles. The van der Waals surface area contributed by atoms with Crippen LogP contribution in [0.1, 0.15) is 28.5 Å². The molecular weight excluding hydrogens is 523 g/mol. The summed E-state index contributed by atoms with van der Waals surface area (Å²) in [6, 6.07) is 20.3. The fourth-order valence-corrected chi connectivity index (χ4v) is 7.35. The number of halogens is 1. The average Bonchev–Trinajstić information content (AvgIpc) is 3.41. The highest BCUT2D eigenvalue weighted by molar-refractivity contribution is 7.89. The van der Waals surface area contributed by atoms with Crippen molar-refractivity contribution in [3.05, 3.63) is 100.0 Å². The number of sulfonamides is 1. The van der Waals surface area contributed by atoms with Crippen molar-refractivity contribution in [2.45, 2.75) is 23.8 Å². The summed E-state index contributed by atoms with van der Waals surface area (Å²) in [7, 11) is -2.40. The predicted octanol–water partition coefficient (Wildman–Crippen LogP) is 5.24. The first kappa shape index (κ1) is 26.5. The highest BCUT2D eigenvalue weighted by Gasteiger charge is 2.35. The van der Waals surface area contributed by atoms with E-state index in [1.807, 2.05) is 35.7 Å². The van der Waals surface area contributed by atoms with Gasteiger partial charge in [0.1, 0.15) is 5.82 Å². The second-order valence-corrected chi connectivity index (χ2v) is 12.2. The van der Waals surface area contributed by atoms with Crippen molar-refractivity contribution in [2.75, 3.05) is 33.4 Å². The smallest absolute Gasteiger partial charge is 0.243 e. The van der Waals surface area contributed by atoms with E-state index in [0.29, 0.717) is 26.0 Å². The van der Waals surface area contributed by atoms with Gasteiger partial charge in [0, 0.05) is 31.7 Å². The molecule has 4 aromatic rings. The second-order valence-electron chi connectivity index (χ2n) is 9.28. The van der Waals surface area contributed by atoms with E-state index in [9.17, 15) is 17.6 Å². The van der Waals surface area contributed by atoms with Gasteiger partial charge in [0.25, 0.3) is 0 Å². The molecular formula is C29H29FN2O4S2. The van der Waals surface area contributed by atoms with Crippen LogP contribution in [-0.2, 0) is 26.0 Å². The molecule has 1 aromatic heterocycles. The molecule has 1 unspecified atom stereocenters. The monoisotopic (exact) mass is 552 g/mol. The van der Waals surface area contributed by atoms with Gasteiger partial charge in [-0.1, -0.05) is 42.5 Å². The van der Waals surface area contributed by atoms with Crippen molar-refractivity contribution in [3.8, 4) is 0 Å². The van der Waals surface area contributed by atoms with Gasteiger partial charge >= 0.3 is 0 Å². The topological polar surface area (TPSA) is 66.9 Å². The summed E-state index contributed by atoms with van der Waals surface area (Å²) in [6.07, 6.45) is 1.14. The van der Waals surface area contributed by atoms with Gasteiger partial charge in [0.2, 0.25) is 15.9 Å². The Morgan fingerprint density at radius 1 is 1.08 bits per heavy atom. The minimum atomic E-state index is -3.96. The lowest BCUT2D eigenvalue weighted by Gasteiger charge is -2.37. The molecule has 0 spiro atoms. The van der Waals surface area contributed by atoms with Gasteiger partial charge in [-0.15, -0.1) is 11.3 Å². The van der Waals surface area contributed by atoms with E-state index in [-0.39, 0.29) is 29.7 Å². The largest absolute Gasteiger partial charge is 0.385 e. The number of hydrogen-bond donors (Lipinski definition) is 0. The first-order chi connectivity index (χ1) is 18.4. The average molecular weight is 553 g/mol. The lowest BCUT2D eigenvalue weighted by molar-refractivity contribution is -0.133. The Labute approximate surface area is 226 Å². The number of thiophene rings is 1. The molecule has 9 heteroatoms. The summed E-state index contributed by atoms with van der Waals surface area (Å²) in [5, 5.41) is 3.75. The molecule has 1 amide bonds. The summed E-state index contributed by atoms with van der Waals surface area (Å²) in [5.74, 6) is -0.642. The normalized spacial score (nSPS) is 15.7. The molecule has 1 aliphatic rings. The molecule has 1 atom stereocenters. The maximum absolute atomic E-state index is 13.8. The standard InChI is InChI=1S/C29H29FN2O4S2/c1-36-17-4-15-31(38(34,35)25-12-9-21-5-2-3-6-23(21)19-25)20-28(33)32-16-13-27-26(14-18-37-27)29(32)22-7-10-24(30)11-8-22/h2-3,5-12,14,18-19,29H,4,13,15-17,20H2,1H3. The van der Waals surface area contributed by atoms with Gasteiger partial charge in [-0.3, -0.25) is 4.79 Å².